The molecule has 3 rings (SSSR count). The van der Waals surface area contributed by atoms with Crippen molar-refractivity contribution in [2.75, 3.05) is 0 Å². The lowest BCUT2D eigenvalue weighted by Crippen LogP contribution is -2.30. The van der Waals surface area contributed by atoms with Crippen LogP contribution in [0.3, 0.4) is 0 Å². The standard InChI is InChI=1S/C22H22F3N3O2/c1-2-3-6-13-28-21(30)18-8-5-4-7-17(18)19(27-28)20(29)26-14-15-9-11-16(12-10-15)22(23,24)25/h4-5,7-12H,2-3,6,13-14H2,1H3,(H,26,29). The highest BCUT2D eigenvalue weighted by Gasteiger charge is 2.29. The molecule has 1 aromatic heterocycles. The molecule has 0 unspecified atom stereocenters. The number of benzene rings is 2. The van der Waals surface area contributed by atoms with Crippen molar-refractivity contribution in [2.45, 2.75) is 45.5 Å². The molecule has 158 valence electrons. The van der Waals surface area contributed by atoms with Gasteiger partial charge in [0.1, 0.15) is 0 Å². The summed E-state index contributed by atoms with van der Waals surface area (Å²) in [5.41, 5.74) is -0.351. The third-order valence-corrected chi connectivity index (χ3v) is 4.79. The van der Waals surface area contributed by atoms with E-state index in [4.69, 9.17) is 0 Å². The SMILES string of the molecule is CCCCCn1nc(C(=O)NCc2ccc(C(F)(F)F)cc2)c2ccccc2c1=O. The molecule has 0 saturated heterocycles. The predicted molar refractivity (Wildman–Crippen MR) is 108 cm³/mol. The van der Waals surface area contributed by atoms with Crippen LogP contribution >= 0.6 is 0 Å². The predicted octanol–water partition coefficient (Wildman–Crippen LogP) is 4.54. The van der Waals surface area contributed by atoms with Crippen LogP contribution in [0.5, 0.6) is 0 Å². The number of hydrogen-bond donors (Lipinski definition) is 1. The summed E-state index contributed by atoms with van der Waals surface area (Å²) in [4.78, 5) is 25.4. The fraction of sp³-hybridized carbons (Fsp3) is 0.318. The zero-order valence-corrected chi connectivity index (χ0v) is 16.5. The minimum atomic E-state index is -4.41. The molecule has 1 N–H and O–H groups in total. The van der Waals surface area contributed by atoms with E-state index in [9.17, 15) is 22.8 Å². The number of hydrogen-bond acceptors (Lipinski definition) is 3. The van der Waals surface area contributed by atoms with Gasteiger partial charge in [0.2, 0.25) is 0 Å². The first-order chi connectivity index (χ1) is 14.3. The monoisotopic (exact) mass is 417 g/mol. The molecule has 0 atom stereocenters. The molecule has 0 fully saturated rings. The minimum absolute atomic E-state index is 0.0436. The molecule has 0 radical (unpaired) electrons. The quantitative estimate of drug-likeness (QED) is 0.575. The second-order valence-corrected chi connectivity index (χ2v) is 7.01. The van der Waals surface area contributed by atoms with E-state index < -0.39 is 17.6 Å². The van der Waals surface area contributed by atoms with Crippen molar-refractivity contribution in [3.8, 4) is 0 Å². The van der Waals surface area contributed by atoms with Crippen LogP contribution in [0.25, 0.3) is 10.8 Å². The number of nitrogens with zero attached hydrogens (tertiary/aromatic N) is 2. The molecule has 2 aromatic carbocycles. The smallest absolute Gasteiger partial charge is 0.347 e. The Bertz CT molecular complexity index is 1090. The van der Waals surface area contributed by atoms with Crippen molar-refractivity contribution < 1.29 is 18.0 Å². The van der Waals surface area contributed by atoms with Crippen LogP contribution < -0.4 is 10.9 Å². The largest absolute Gasteiger partial charge is 0.416 e. The van der Waals surface area contributed by atoms with Crippen molar-refractivity contribution in [1.82, 2.24) is 15.1 Å². The number of alkyl halides is 3. The van der Waals surface area contributed by atoms with Gasteiger partial charge in [-0.15, -0.1) is 0 Å². The van der Waals surface area contributed by atoms with Gasteiger partial charge in [-0.3, -0.25) is 9.59 Å². The van der Waals surface area contributed by atoms with Crippen LogP contribution in [-0.4, -0.2) is 15.7 Å². The Morgan fingerprint density at radius 1 is 1.03 bits per heavy atom. The molecule has 0 aliphatic rings. The molecule has 0 bridgehead atoms. The van der Waals surface area contributed by atoms with Gasteiger partial charge in [0.05, 0.1) is 10.9 Å². The average Bonchev–Trinajstić information content (AvgIpc) is 2.73. The third-order valence-electron chi connectivity index (χ3n) is 4.79. The minimum Gasteiger partial charge on any atom is -0.347 e. The number of carbonyl (C=O) groups is 1. The summed E-state index contributed by atoms with van der Waals surface area (Å²) in [5.74, 6) is -0.490. The number of amides is 1. The van der Waals surface area contributed by atoms with Gasteiger partial charge >= 0.3 is 6.18 Å². The van der Waals surface area contributed by atoms with E-state index in [2.05, 4.69) is 17.3 Å². The van der Waals surface area contributed by atoms with E-state index in [0.717, 1.165) is 31.4 Å². The topological polar surface area (TPSA) is 64.0 Å². The number of unbranched alkanes of at least 4 members (excludes halogenated alkanes) is 2. The van der Waals surface area contributed by atoms with Gasteiger partial charge in [-0.25, -0.2) is 4.68 Å². The van der Waals surface area contributed by atoms with Crippen molar-refractivity contribution in [2.24, 2.45) is 0 Å². The molecule has 0 spiro atoms. The maximum Gasteiger partial charge on any atom is 0.416 e. The first-order valence-electron chi connectivity index (χ1n) is 9.75. The van der Waals surface area contributed by atoms with Crippen LogP contribution in [0.4, 0.5) is 13.2 Å². The van der Waals surface area contributed by atoms with Crippen LogP contribution in [0.1, 0.15) is 47.8 Å². The molecule has 0 aliphatic heterocycles. The number of aryl methyl sites for hydroxylation is 1. The molecule has 3 aromatic rings. The van der Waals surface area contributed by atoms with Crippen molar-refractivity contribution >= 4 is 16.7 Å². The van der Waals surface area contributed by atoms with Gasteiger partial charge in [0.25, 0.3) is 11.5 Å². The Balaban J connectivity index is 1.83. The highest BCUT2D eigenvalue weighted by molar-refractivity contribution is 6.04. The summed E-state index contributed by atoms with van der Waals surface area (Å²) in [7, 11) is 0. The molecule has 1 heterocycles. The Hall–Kier alpha value is -3.16. The van der Waals surface area contributed by atoms with E-state index in [1.807, 2.05) is 0 Å². The second-order valence-electron chi connectivity index (χ2n) is 7.01. The molecule has 1 amide bonds. The molecule has 0 saturated carbocycles. The van der Waals surface area contributed by atoms with Crippen LogP contribution in [0.15, 0.2) is 53.3 Å². The third kappa shape index (κ3) is 4.87. The molecule has 5 nitrogen and oxygen atoms in total. The molecule has 30 heavy (non-hydrogen) atoms. The van der Waals surface area contributed by atoms with Gasteiger partial charge in [0, 0.05) is 18.5 Å². The highest BCUT2D eigenvalue weighted by Crippen LogP contribution is 2.29. The maximum absolute atomic E-state index is 12.8. The zero-order valence-electron chi connectivity index (χ0n) is 16.5. The van der Waals surface area contributed by atoms with E-state index in [-0.39, 0.29) is 17.8 Å². The summed E-state index contributed by atoms with van der Waals surface area (Å²) in [6.45, 7) is 2.51. The van der Waals surface area contributed by atoms with E-state index in [1.165, 1.54) is 16.8 Å². The fourth-order valence-corrected chi connectivity index (χ4v) is 3.14. The highest BCUT2D eigenvalue weighted by atomic mass is 19.4. The fourth-order valence-electron chi connectivity index (χ4n) is 3.14. The summed E-state index contributed by atoms with van der Waals surface area (Å²) >= 11 is 0. The number of fused-ring (bicyclic) bond motifs is 1. The lowest BCUT2D eigenvalue weighted by molar-refractivity contribution is -0.137. The lowest BCUT2D eigenvalue weighted by Gasteiger charge is -2.12. The van der Waals surface area contributed by atoms with Crippen molar-refractivity contribution in [1.29, 1.82) is 0 Å². The normalized spacial score (nSPS) is 11.6. The average molecular weight is 417 g/mol. The molecule has 0 aliphatic carbocycles. The van der Waals surface area contributed by atoms with E-state index in [1.54, 1.807) is 24.3 Å². The number of aromatic nitrogens is 2. The maximum atomic E-state index is 12.8. The van der Waals surface area contributed by atoms with Gasteiger partial charge < -0.3 is 5.32 Å². The first-order valence-corrected chi connectivity index (χ1v) is 9.75. The molecular formula is C22H22F3N3O2. The number of carbonyl (C=O) groups excluding carboxylic acids is 1. The zero-order chi connectivity index (χ0) is 21.7. The Kier molecular flexibility index (Phi) is 6.54. The van der Waals surface area contributed by atoms with Crippen molar-refractivity contribution in [3.05, 3.63) is 75.7 Å². The number of nitrogens with one attached hydrogen (secondary N) is 1. The van der Waals surface area contributed by atoms with Crippen LogP contribution in [-0.2, 0) is 19.3 Å². The first kappa shape index (κ1) is 21.5. The summed E-state index contributed by atoms with van der Waals surface area (Å²) < 4.78 is 39.3. The van der Waals surface area contributed by atoms with Gasteiger partial charge in [-0.05, 0) is 30.2 Å². The Morgan fingerprint density at radius 3 is 2.33 bits per heavy atom. The lowest BCUT2D eigenvalue weighted by atomic mass is 10.1. The van der Waals surface area contributed by atoms with Gasteiger partial charge in [0.15, 0.2) is 5.69 Å². The second kappa shape index (κ2) is 9.11. The Morgan fingerprint density at radius 2 is 1.70 bits per heavy atom. The van der Waals surface area contributed by atoms with Crippen LogP contribution in [0.2, 0.25) is 0 Å². The van der Waals surface area contributed by atoms with E-state index >= 15 is 0 Å². The summed E-state index contributed by atoms with van der Waals surface area (Å²) in [6, 6.07) is 11.4. The number of rotatable bonds is 7. The number of halogens is 3. The van der Waals surface area contributed by atoms with Gasteiger partial charge in [-0.2, -0.15) is 18.3 Å². The molecular weight excluding hydrogens is 395 g/mol. The van der Waals surface area contributed by atoms with Gasteiger partial charge in [-0.1, -0.05) is 50.1 Å². The van der Waals surface area contributed by atoms with Crippen LogP contribution in [0, 0.1) is 0 Å². The summed E-state index contributed by atoms with van der Waals surface area (Å²) in [6.07, 6.45) is -1.70. The van der Waals surface area contributed by atoms with Crippen molar-refractivity contribution in [3.63, 3.8) is 0 Å². The Labute approximate surface area is 171 Å². The molecule has 8 heteroatoms. The summed E-state index contributed by atoms with van der Waals surface area (Å²) in [5, 5.41) is 7.81. The van der Waals surface area contributed by atoms with E-state index in [0.29, 0.717) is 22.9 Å².